The summed E-state index contributed by atoms with van der Waals surface area (Å²) in [6, 6.07) is 4.98. The molecule has 0 aliphatic heterocycles. The van der Waals surface area contributed by atoms with Crippen molar-refractivity contribution in [2.24, 2.45) is 5.73 Å². The summed E-state index contributed by atoms with van der Waals surface area (Å²) in [6.45, 7) is 3.45. The number of hydrogen-bond donors (Lipinski definition) is 3. The molecule has 0 saturated heterocycles. The van der Waals surface area contributed by atoms with Gasteiger partial charge in [-0.1, -0.05) is 6.92 Å². The Bertz CT molecular complexity index is 387. The number of carbonyl (C=O) groups is 1. The first-order chi connectivity index (χ1) is 8.10. The monoisotopic (exact) mass is 237 g/mol. The number of benzene rings is 1. The van der Waals surface area contributed by atoms with Crippen LogP contribution in [0.5, 0.6) is 0 Å². The summed E-state index contributed by atoms with van der Waals surface area (Å²) in [5.41, 5.74) is 12.8. The van der Waals surface area contributed by atoms with Crippen molar-refractivity contribution in [1.82, 2.24) is 0 Å². The molecule has 94 valence electrons. The van der Waals surface area contributed by atoms with Gasteiger partial charge < -0.3 is 21.5 Å². The third-order valence-corrected chi connectivity index (χ3v) is 2.52. The molecule has 17 heavy (non-hydrogen) atoms. The van der Waals surface area contributed by atoms with Crippen LogP contribution in [0, 0.1) is 0 Å². The molecule has 0 atom stereocenters. The van der Waals surface area contributed by atoms with Crippen LogP contribution in [0.15, 0.2) is 18.2 Å². The van der Waals surface area contributed by atoms with Crippen LogP contribution in [0.4, 0.5) is 11.4 Å². The summed E-state index contributed by atoms with van der Waals surface area (Å²) in [4.78, 5) is 13.0. The van der Waals surface area contributed by atoms with E-state index in [1.165, 1.54) is 0 Å². The SMILES string of the molecule is CCCN(CCO)c1ccc(C(N)=O)cc1N. The van der Waals surface area contributed by atoms with E-state index in [1.54, 1.807) is 18.2 Å². The third kappa shape index (κ3) is 3.35. The topological polar surface area (TPSA) is 92.6 Å². The fraction of sp³-hybridized carbons (Fsp3) is 0.417. The van der Waals surface area contributed by atoms with E-state index in [0.717, 1.165) is 18.7 Å². The number of aliphatic hydroxyl groups is 1. The summed E-state index contributed by atoms with van der Waals surface area (Å²) in [7, 11) is 0. The number of hydrogen-bond acceptors (Lipinski definition) is 4. The van der Waals surface area contributed by atoms with E-state index >= 15 is 0 Å². The predicted molar refractivity (Wildman–Crippen MR) is 69.0 cm³/mol. The summed E-state index contributed by atoms with van der Waals surface area (Å²) >= 11 is 0. The minimum Gasteiger partial charge on any atom is -0.397 e. The van der Waals surface area contributed by atoms with Gasteiger partial charge in [0.25, 0.3) is 0 Å². The van der Waals surface area contributed by atoms with Crippen molar-refractivity contribution in [3.63, 3.8) is 0 Å². The molecule has 5 nitrogen and oxygen atoms in total. The molecular formula is C12H19N3O2. The van der Waals surface area contributed by atoms with E-state index < -0.39 is 5.91 Å². The fourth-order valence-corrected chi connectivity index (χ4v) is 1.74. The van der Waals surface area contributed by atoms with Gasteiger partial charge in [0, 0.05) is 18.7 Å². The molecule has 0 unspecified atom stereocenters. The molecule has 5 heteroatoms. The molecule has 0 heterocycles. The predicted octanol–water partition coefficient (Wildman–Crippen LogP) is 0.576. The van der Waals surface area contributed by atoms with Crippen LogP contribution in [0.2, 0.25) is 0 Å². The van der Waals surface area contributed by atoms with Crippen LogP contribution < -0.4 is 16.4 Å². The van der Waals surface area contributed by atoms with Crippen LogP contribution in [-0.2, 0) is 0 Å². The lowest BCUT2D eigenvalue weighted by Gasteiger charge is -2.25. The Morgan fingerprint density at radius 1 is 1.41 bits per heavy atom. The van der Waals surface area contributed by atoms with E-state index in [4.69, 9.17) is 16.6 Å². The molecule has 1 aromatic carbocycles. The van der Waals surface area contributed by atoms with E-state index in [-0.39, 0.29) is 6.61 Å². The minimum absolute atomic E-state index is 0.0665. The number of nitrogen functional groups attached to an aromatic ring is 1. The van der Waals surface area contributed by atoms with E-state index in [0.29, 0.717) is 17.8 Å². The maximum absolute atomic E-state index is 11.0. The Hall–Kier alpha value is -1.75. The van der Waals surface area contributed by atoms with Crippen LogP contribution in [0.3, 0.4) is 0 Å². The lowest BCUT2D eigenvalue weighted by molar-refractivity contribution is 0.100. The average molecular weight is 237 g/mol. The fourth-order valence-electron chi connectivity index (χ4n) is 1.74. The van der Waals surface area contributed by atoms with Crippen LogP contribution in [0.25, 0.3) is 0 Å². The maximum Gasteiger partial charge on any atom is 0.248 e. The summed E-state index contributed by atoms with van der Waals surface area (Å²) in [5.74, 6) is -0.493. The minimum atomic E-state index is -0.493. The maximum atomic E-state index is 11.0. The Kier molecular flexibility index (Phi) is 4.78. The highest BCUT2D eigenvalue weighted by molar-refractivity contribution is 5.94. The number of amides is 1. The zero-order chi connectivity index (χ0) is 12.8. The first-order valence-corrected chi connectivity index (χ1v) is 5.65. The molecule has 1 amide bonds. The van der Waals surface area contributed by atoms with Crippen molar-refractivity contribution in [2.45, 2.75) is 13.3 Å². The second kappa shape index (κ2) is 6.10. The molecular weight excluding hydrogens is 218 g/mol. The second-order valence-electron chi connectivity index (χ2n) is 3.85. The van der Waals surface area contributed by atoms with Crippen LogP contribution in [0.1, 0.15) is 23.7 Å². The van der Waals surface area contributed by atoms with Gasteiger partial charge in [-0.15, -0.1) is 0 Å². The smallest absolute Gasteiger partial charge is 0.248 e. The van der Waals surface area contributed by atoms with Gasteiger partial charge in [-0.3, -0.25) is 4.79 Å². The third-order valence-electron chi connectivity index (χ3n) is 2.52. The van der Waals surface area contributed by atoms with E-state index in [2.05, 4.69) is 6.92 Å². The molecule has 0 aromatic heterocycles. The molecule has 0 bridgehead atoms. The number of anilines is 2. The van der Waals surface area contributed by atoms with Crippen molar-refractivity contribution < 1.29 is 9.90 Å². The van der Waals surface area contributed by atoms with Crippen molar-refractivity contribution in [1.29, 1.82) is 0 Å². The summed E-state index contributed by atoms with van der Waals surface area (Å²) in [6.07, 6.45) is 0.955. The van der Waals surface area contributed by atoms with E-state index in [9.17, 15) is 4.79 Å². The number of rotatable bonds is 6. The zero-order valence-electron chi connectivity index (χ0n) is 10.0. The van der Waals surface area contributed by atoms with Gasteiger partial charge in [-0.05, 0) is 24.6 Å². The first-order valence-electron chi connectivity index (χ1n) is 5.65. The Labute approximate surface area is 101 Å². The highest BCUT2D eigenvalue weighted by atomic mass is 16.3. The summed E-state index contributed by atoms with van der Waals surface area (Å²) < 4.78 is 0. The lowest BCUT2D eigenvalue weighted by atomic mass is 10.1. The lowest BCUT2D eigenvalue weighted by Crippen LogP contribution is -2.28. The molecule has 0 radical (unpaired) electrons. The van der Waals surface area contributed by atoms with Gasteiger partial charge in [0.15, 0.2) is 0 Å². The quantitative estimate of drug-likeness (QED) is 0.631. The highest BCUT2D eigenvalue weighted by Gasteiger charge is 2.10. The largest absolute Gasteiger partial charge is 0.397 e. The molecule has 1 rings (SSSR count). The summed E-state index contributed by atoms with van der Waals surface area (Å²) in [5, 5.41) is 9.00. The number of nitrogens with zero attached hydrogens (tertiary/aromatic N) is 1. The zero-order valence-corrected chi connectivity index (χ0v) is 10.0. The van der Waals surface area contributed by atoms with Crippen LogP contribution in [-0.4, -0.2) is 30.7 Å². The highest BCUT2D eigenvalue weighted by Crippen LogP contribution is 2.24. The van der Waals surface area contributed by atoms with Gasteiger partial charge in [-0.25, -0.2) is 0 Å². The van der Waals surface area contributed by atoms with Gasteiger partial charge in [-0.2, -0.15) is 0 Å². The molecule has 0 aliphatic carbocycles. The number of nitrogens with two attached hydrogens (primary N) is 2. The number of carbonyl (C=O) groups excluding carboxylic acids is 1. The van der Waals surface area contributed by atoms with Gasteiger partial charge >= 0.3 is 0 Å². The van der Waals surface area contributed by atoms with Crippen molar-refractivity contribution in [3.8, 4) is 0 Å². The Morgan fingerprint density at radius 2 is 2.12 bits per heavy atom. The molecule has 0 fully saturated rings. The van der Waals surface area contributed by atoms with Crippen molar-refractivity contribution >= 4 is 17.3 Å². The number of primary amides is 1. The standard InChI is InChI=1S/C12H19N3O2/c1-2-5-15(6-7-16)11-4-3-9(12(14)17)8-10(11)13/h3-4,8,16H,2,5-7,13H2,1H3,(H2,14,17). The first kappa shape index (κ1) is 13.3. The molecule has 1 aromatic rings. The van der Waals surface area contributed by atoms with Crippen molar-refractivity contribution in [3.05, 3.63) is 23.8 Å². The molecule has 5 N–H and O–H groups in total. The molecule has 0 spiro atoms. The van der Waals surface area contributed by atoms with Gasteiger partial charge in [0.1, 0.15) is 0 Å². The average Bonchev–Trinajstić information content (AvgIpc) is 2.28. The van der Waals surface area contributed by atoms with Gasteiger partial charge in [0.2, 0.25) is 5.91 Å². The van der Waals surface area contributed by atoms with E-state index in [1.807, 2.05) is 4.90 Å². The van der Waals surface area contributed by atoms with Gasteiger partial charge in [0.05, 0.1) is 18.0 Å². The van der Waals surface area contributed by atoms with Crippen molar-refractivity contribution in [2.75, 3.05) is 30.3 Å². The Balaban J connectivity index is 2.99. The number of aliphatic hydroxyl groups excluding tert-OH is 1. The molecule has 0 saturated carbocycles. The Morgan fingerprint density at radius 3 is 2.59 bits per heavy atom. The normalized spacial score (nSPS) is 10.2. The van der Waals surface area contributed by atoms with Crippen LogP contribution >= 0.6 is 0 Å². The second-order valence-corrected chi connectivity index (χ2v) is 3.85. The molecule has 0 aliphatic rings.